The van der Waals surface area contributed by atoms with Crippen molar-refractivity contribution in [2.45, 2.75) is 26.7 Å². The molecule has 19 heavy (non-hydrogen) atoms. The standard InChI is InChI=1S/C16H16N2O/c1-9-5-12-4-3-11-6-10(2)14(17)7-13(11)16(19)15(12)18-8-9/h5-8H,3-4,17H2,1-2H3. The molecule has 0 unspecified atom stereocenters. The average Bonchev–Trinajstić information content (AvgIpc) is 2.50. The molecule has 3 heteroatoms. The highest BCUT2D eigenvalue weighted by Crippen LogP contribution is 2.27. The van der Waals surface area contributed by atoms with Gasteiger partial charge in [-0.25, -0.2) is 0 Å². The number of benzene rings is 1. The summed E-state index contributed by atoms with van der Waals surface area (Å²) in [5.41, 5.74) is 12.1. The van der Waals surface area contributed by atoms with Gasteiger partial charge in [-0.05, 0) is 55.0 Å². The molecule has 0 bridgehead atoms. The molecule has 0 fully saturated rings. The van der Waals surface area contributed by atoms with Crippen LogP contribution in [0, 0.1) is 13.8 Å². The van der Waals surface area contributed by atoms with Crippen LogP contribution in [0.5, 0.6) is 0 Å². The fourth-order valence-electron chi connectivity index (χ4n) is 2.62. The first kappa shape index (κ1) is 11.9. The zero-order valence-corrected chi connectivity index (χ0v) is 11.2. The van der Waals surface area contributed by atoms with Crippen LogP contribution in [0.2, 0.25) is 0 Å². The predicted octanol–water partition coefficient (Wildman–Crippen LogP) is 2.61. The number of carbonyl (C=O) groups is 1. The number of aromatic nitrogens is 1. The van der Waals surface area contributed by atoms with Crippen molar-refractivity contribution in [3.8, 4) is 0 Å². The van der Waals surface area contributed by atoms with Gasteiger partial charge in [0.2, 0.25) is 5.78 Å². The van der Waals surface area contributed by atoms with Crippen LogP contribution in [0.1, 0.15) is 38.3 Å². The minimum Gasteiger partial charge on any atom is -0.398 e. The van der Waals surface area contributed by atoms with Gasteiger partial charge in [-0.2, -0.15) is 0 Å². The van der Waals surface area contributed by atoms with Gasteiger partial charge >= 0.3 is 0 Å². The molecule has 3 nitrogen and oxygen atoms in total. The Bertz CT molecular complexity index is 689. The van der Waals surface area contributed by atoms with E-state index in [1.807, 2.05) is 19.9 Å². The number of nitrogen functional groups attached to an aromatic ring is 1. The van der Waals surface area contributed by atoms with Gasteiger partial charge in [-0.15, -0.1) is 0 Å². The van der Waals surface area contributed by atoms with E-state index in [0.29, 0.717) is 16.9 Å². The van der Waals surface area contributed by atoms with Crippen molar-refractivity contribution in [2.24, 2.45) is 0 Å². The van der Waals surface area contributed by atoms with Gasteiger partial charge in [0.05, 0.1) is 0 Å². The molecule has 2 N–H and O–H groups in total. The number of hydrogen-bond acceptors (Lipinski definition) is 3. The fraction of sp³-hybridized carbons (Fsp3) is 0.250. The Morgan fingerprint density at radius 3 is 2.63 bits per heavy atom. The fourth-order valence-corrected chi connectivity index (χ4v) is 2.62. The molecule has 1 aliphatic carbocycles. The molecule has 1 aliphatic rings. The smallest absolute Gasteiger partial charge is 0.211 e. The number of nitrogens with two attached hydrogens (primary N) is 1. The van der Waals surface area contributed by atoms with Crippen LogP contribution in [0.4, 0.5) is 5.69 Å². The normalized spacial score (nSPS) is 13.7. The summed E-state index contributed by atoms with van der Waals surface area (Å²) in [6, 6.07) is 5.88. The maximum Gasteiger partial charge on any atom is 0.211 e. The number of nitrogens with zero attached hydrogens (tertiary/aromatic N) is 1. The molecule has 1 aromatic carbocycles. The summed E-state index contributed by atoms with van der Waals surface area (Å²) in [4.78, 5) is 16.9. The lowest BCUT2D eigenvalue weighted by molar-refractivity contribution is 0.103. The third-order valence-electron chi connectivity index (χ3n) is 3.72. The minimum atomic E-state index is -0.00537. The van der Waals surface area contributed by atoms with E-state index in [1.165, 1.54) is 0 Å². The number of pyridine rings is 1. The molecular weight excluding hydrogens is 236 g/mol. The third-order valence-corrected chi connectivity index (χ3v) is 3.72. The van der Waals surface area contributed by atoms with Crippen LogP contribution < -0.4 is 5.73 Å². The highest BCUT2D eigenvalue weighted by molar-refractivity contribution is 6.10. The lowest BCUT2D eigenvalue weighted by Crippen LogP contribution is -2.08. The second-order valence-corrected chi connectivity index (χ2v) is 5.22. The summed E-state index contributed by atoms with van der Waals surface area (Å²) >= 11 is 0. The zero-order chi connectivity index (χ0) is 13.6. The SMILES string of the molecule is Cc1cnc2c(c1)CCc1cc(C)c(N)cc1C2=O. The van der Waals surface area contributed by atoms with E-state index in [4.69, 9.17) is 5.73 Å². The van der Waals surface area contributed by atoms with Gasteiger partial charge in [0, 0.05) is 17.4 Å². The minimum absolute atomic E-state index is 0.00537. The van der Waals surface area contributed by atoms with Crippen LogP contribution in [-0.4, -0.2) is 10.8 Å². The maximum absolute atomic E-state index is 12.6. The van der Waals surface area contributed by atoms with Crippen molar-refractivity contribution in [3.05, 3.63) is 57.9 Å². The van der Waals surface area contributed by atoms with Crippen molar-refractivity contribution in [3.63, 3.8) is 0 Å². The van der Waals surface area contributed by atoms with E-state index >= 15 is 0 Å². The summed E-state index contributed by atoms with van der Waals surface area (Å²) in [6.07, 6.45) is 3.46. The molecule has 0 radical (unpaired) electrons. The van der Waals surface area contributed by atoms with Crippen LogP contribution >= 0.6 is 0 Å². The van der Waals surface area contributed by atoms with Crippen LogP contribution in [0.25, 0.3) is 0 Å². The first-order chi connectivity index (χ1) is 9.06. The Morgan fingerprint density at radius 2 is 1.84 bits per heavy atom. The molecule has 0 aliphatic heterocycles. The lowest BCUT2D eigenvalue weighted by atomic mass is 9.98. The van der Waals surface area contributed by atoms with Crippen LogP contribution in [0.15, 0.2) is 24.4 Å². The second kappa shape index (κ2) is 4.19. The number of rotatable bonds is 0. The number of aryl methyl sites for hydroxylation is 4. The first-order valence-corrected chi connectivity index (χ1v) is 6.45. The van der Waals surface area contributed by atoms with Crippen molar-refractivity contribution in [2.75, 3.05) is 5.73 Å². The summed E-state index contributed by atoms with van der Waals surface area (Å²) in [6.45, 7) is 3.97. The number of carbonyl (C=O) groups excluding carboxylic acids is 1. The maximum atomic E-state index is 12.6. The van der Waals surface area contributed by atoms with Gasteiger partial charge in [0.25, 0.3) is 0 Å². The lowest BCUT2D eigenvalue weighted by Gasteiger charge is -2.08. The second-order valence-electron chi connectivity index (χ2n) is 5.22. The Kier molecular flexibility index (Phi) is 2.63. The van der Waals surface area contributed by atoms with Gasteiger partial charge in [0.1, 0.15) is 5.69 Å². The van der Waals surface area contributed by atoms with Crippen LogP contribution in [0.3, 0.4) is 0 Å². The summed E-state index contributed by atoms with van der Waals surface area (Å²) in [5, 5.41) is 0. The Balaban J connectivity index is 2.20. The molecule has 2 aromatic rings. The third kappa shape index (κ3) is 1.91. The van der Waals surface area contributed by atoms with Crippen molar-refractivity contribution < 1.29 is 4.79 Å². The average molecular weight is 252 g/mol. The van der Waals surface area contributed by atoms with Crippen molar-refractivity contribution in [1.29, 1.82) is 0 Å². The predicted molar refractivity (Wildman–Crippen MR) is 75.4 cm³/mol. The molecule has 96 valence electrons. The van der Waals surface area contributed by atoms with Crippen molar-refractivity contribution >= 4 is 11.5 Å². The summed E-state index contributed by atoms with van der Waals surface area (Å²) < 4.78 is 0. The topological polar surface area (TPSA) is 56.0 Å². The quantitative estimate of drug-likeness (QED) is 0.733. The molecule has 0 saturated heterocycles. The van der Waals surface area contributed by atoms with Gasteiger partial charge in [-0.3, -0.25) is 9.78 Å². The molecular formula is C16H16N2O. The molecule has 0 atom stereocenters. The van der Waals surface area contributed by atoms with E-state index in [2.05, 4.69) is 11.1 Å². The van der Waals surface area contributed by atoms with Crippen LogP contribution in [-0.2, 0) is 12.8 Å². The number of fused-ring (bicyclic) bond motifs is 2. The number of hydrogen-bond donors (Lipinski definition) is 1. The summed E-state index contributed by atoms with van der Waals surface area (Å²) in [7, 11) is 0. The monoisotopic (exact) mass is 252 g/mol. The first-order valence-electron chi connectivity index (χ1n) is 6.45. The number of ketones is 1. The Morgan fingerprint density at radius 1 is 1.11 bits per heavy atom. The molecule has 0 spiro atoms. The molecule has 0 amide bonds. The molecule has 1 heterocycles. The van der Waals surface area contributed by atoms with E-state index in [1.54, 1.807) is 12.3 Å². The molecule has 1 aromatic heterocycles. The number of anilines is 1. The van der Waals surface area contributed by atoms with E-state index in [0.717, 1.165) is 35.1 Å². The van der Waals surface area contributed by atoms with Crippen molar-refractivity contribution in [1.82, 2.24) is 4.98 Å². The largest absolute Gasteiger partial charge is 0.398 e. The molecule has 0 saturated carbocycles. The highest BCUT2D eigenvalue weighted by Gasteiger charge is 2.23. The summed E-state index contributed by atoms with van der Waals surface area (Å²) in [5.74, 6) is -0.00537. The van der Waals surface area contributed by atoms with Gasteiger partial charge in [-0.1, -0.05) is 12.1 Å². The van der Waals surface area contributed by atoms with E-state index in [-0.39, 0.29) is 5.78 Å². The zero-order valence-electron chi connectivity index (χ0n) is 11.2. The Labute approximate surface area is 112 Å². The van der Waals surface area contributed by atoms with Gasteiger partial charge in [0.15, 0.2) is 0 Å². The van der Waals surface area contributed by atoms with Gasteiger partial charge < -0.3 is 5.73 Å². The van der Waals surface area contributed by atoms with E-state index < -0.39 is 0 Å². The molecule has 3 rings (SSSR count). The highest BCUT2D eigenvalue weighted by atomic mass is 16.1. The Hall–Kier alpha value is -2.16. The van der Waals surface area contributed by atoms with E-state index in [9.17, 15) is 4.79 Å².